The minimum atomic E-state index is -1.27. The van der Waals surface area contributed by atoms with Gasteiger partial charge in [-0.05, 0) is 36.5 Å². The van der Waals surface area contributed by atoms with Gasteiger partial charge in [-0.1, -0.05) is 62.4 Å². The van der Waals surface area contributed by atoms with Gasteiger partial charge in [0.05, 0.1) is 6.04 Å². The van der Waals surface area contributed by atoms with Crippen LogP contribution in [-0.4, -0.2) is 43.9 Å². The number of carbonyl (C=O) groups is 3. The van der Waals surface area contributed by atoms with Gasteiger partial charge in [0.25, 0.3) is 0 Å². The number of hydrogen-bond acceptors (Lipinski definition) is 6. The predicted octanol–water partition coefficient (Wildman–Crippen LogP) is 4.56. The molecule has 204 valence electrons. The average Bonchev–Trinajstić information content (AvgIpc) is 3.50. The van der Waals surface area contributed by atoms with Crippen molar-refractivity contribution < 1.29 is 23.9 Å². The Labute approximate surface area is 226 Å². The number of urea groups is 1. The van der Waals surface area contributed by atoms with Gasteiger partial charge in [0, 0.05) is 30.1 Å². The van der Waals surface area contributed by atoms with E-state index in [0.29, 0.717) is 6.42 Å². The summed E-state index contributed by atoms with van der Waals surface area (Å²) >= 11 is 0. The molecule has 4 aromatic rings. The Bertz CT molecular complexity index is 1460. The molecule has 0 saturated carbocycles. The zero-order valence-corrected chi connectivity index (χ0v) is 22.2. The number of aromatic amines is 1. The molecule has 4 rings (SSSR count). The van der Waals surface area contributed by atoms with E-state index >= 15 is 0 Å². The Morgan fingerprint density at radius 1 is 1.10 bits per heavy atom. The maximum atomic E-state index is 13.8. The number of aromatic nitrogens is 2. The second-order valence-corrected chi connectivity index (χ2v) is 9.93. The lowest BCUT2D eigenvalue weighted by molar-refractivity contribution is -0.132. The number of carboxylic acid groups (broad SMARTS) is 1. The van der Waals surface area contributed by atoms with Gasteiger partial charge in [-0.25, -0.2) is 14.6 Å². The van der Waals surface area contributed by atoms with Crippen LogP contribution < -0.4 is 11.1 Å². The number of oxazole rings is 1. The molecule has 2 heterocycles. The van der Waals surface area contributed by atoms with Crippen LogP contribution in [0.15, 0.2) is 65.2 Å². The molecule has 0 unspecified atom stereocenters. The van der Waals surface area contributed by atoms with Crippen LogP contribution in [0, 0.1) is 12.8 Å². The van der Waals surface area contributed by atoms with Gasteiger partial charge in [-0.15, -0.1) is 0 Å². The van der Waals surface area contributed by atoms with Crippen molar-refractivity contribution in [3.8, 4) is 0 Å². The van der Waals surface area contributed by atoms with Gasteiger partial charge < -0.3 is 25.6 Å². The number of benzene rings is 2. The number of fused-ring (bicyclic) bond motifs is 1. The highest BCUT2D eigenvalue weighted by Gasteiger charge is 2.38. The number of imide groups is 1. The Morgan fingerprint density at radius 2 is 1.79 bits per heavy atom. The number of H-pyrrole nitrogens is 1. The van der Waals surface area contributed by atoms with Crippen molar-refractivity contribution in [2.45, 2.75) is 52.2 Å². The summed E-state index contributed by atoms with van der Waals surface area (Å²) in [6.45, 7) is 5.53. The topological polar surface area (TPSA) is 155 Å². The third kappa shape index (κ3) is 6.35. The van der Waals surface area contributed by atoms with Crippen LogP contribution >= 0.6 is 0 Å². The number of para-hydroxylation sites is 1. The maximum Gasteiger partial charge on any atom is 0.358 e. The van der Waals surface area contributed by atoms with Crippen LogP contribution in [0.4, 0.5) is 4.79 Å². The number of carbonyl (C=O) groups excluding carboxylic acids is 2. The second kappa shape index (κ2) is 12.0. The first kappa shape index (κ1) is 27.6. The van der Waals surface area contributed by atoms with E-state index in [1.807, 2.05) is 68.4 Å². The highest BCUT2D eigenvalue weighted by Crippen LogP contribution is 2.31. The van der Waals surface area contributed by atoms with Gasteiger partial charge in [-0.3, -0.25) is 9.69 Å². The van der Waals surface area contributed by atoms with Gasteiger partial charge in [-0.2, -0.15) is 0 Å². The molecule has 0 fully saturated rings. The first-order valence-electron chi connectivity index (χ1n) is 12.8. The van der Waals surface area contributed by atoms with E-state index in [1.165, 1.54) is 6.92 Å². The molecule has 0 spiro atoms. The maximum absolute atomic E-state index is 13.8. The number of nitrogens with zero attached hydrogens (tertiary/aromatic N) is 2. The van der Waals surface area contributed by atoms with Crippen molar-refractivity contribution in [3.63, 3.8) is 0 Å². The minimum Gasteiger partial charge on any atom is -0.476 e. The van der Waals surface area contributed by atoms with Crippen LogP contribution in [0.25, 0.3) is 10.9 Å². The molecule has 10 nitrogen and oxygen atoms in total. The van der Waals surface area contributed by atoms with Gasteiger partial charge in [0.2, 0.25) is 11.8 Å². The van der Waals surface area contributed by atoms with Crippen molar-refractivity contribution >= 4 is 28.8 Å². The fourth-order valence-electron chi connectivity index (χ4n) is 4.60. The molecule has 0 aliphatic rings. The highest BCUT2D eigenvalue weighted by molar-refractivity contribution is 5.97. The average molecular weight is 532 g/mol. The SMILES string of the molecule is Cc1oc([C@@H](Cc2c[nH]c3ccccc23)N(C(=O)NCc2ccccc2)C(=O)[C@@H](N)CC(C)C)nc1C(=O)O. The third-order valence-corrected chi connectivity index (χ3v) is 6.49. The van der Waals surface area contributed by atoms with Crippen molar-refractivity contribution in [2.75, 3.05) is 0 Å². The summed E-state index contributed by atoms with van der Waals surface area (Å²) in [7, 11) is 0. The number of rotatable bonds is 10. The van der Waals surface area contributed by atoms with E-state index in [9.17, 15) is 19.5 Å². The molecular weight excluding hydrogens is 498 g/mol. The Hall–Kier alpha value is -4.44. The standard InChI is InChI=1S/C29H33N5O5/c1-17(2)13-22(30)27(35)34(29(38)32-15-19-9-5-4-6-10-19)24(26-33-25(28(36)37)18(3)39-26)14-20-16-31-23-12-8-7-11-21(20)23/h4-12,16-17,22,24,31H,13-15,30H2,1-3H3,(H,32,38)(H,36,37)/t22-,24+/m0/s1. The fraction of sp³-hybridized carbons (Fsp3) is 0.310. The van der Waals surface area contributed by atoms with E-state index in [4.69, 9.17) is 10.2 Å². The molecule has 10 heteroatoms. The summed E-state index contributed by atoms with van der Waals surface area (Å²) in [6.07, 6.45) is 2.28. The lowest BCUT2D eigenvalue weighted by Gasteiger charge is -2.31. The minimum absolute atomic E-state index is 0.0601. The molecule has 5 N–H and O–H groups in total. The van der Waals surface area contributed by atoms with Crippen molar-refractivity contribution in [2.24, 2.45) is 11.7 Å². The summed E-state index contributed by atoms with van der Waals surface area (Å²) < 4.78 is 5.79. The van der Waals surface area contributed by atoms with E-state index in [-0.39, 0.29) is 36.2 Å². The summed E-state index contributed by atoms with van der Waals surface area (Å²) in [5.74, 6) is -1.75. The molecule has 2 aromatic carbocycles. The molecule has 0 bridgehead atoms. The van der Waals surface area contributed by atoms with Crippen LogP contribution in [0.2, 0.25) is 0 Å². The normalized spacial score (nSPS) is 12.8. The smallest absolute Gasteiger partial charge is 0.358 e. The first-order valence-corrected chi connectivity index (χ1v) is 12.8. The zero-order valence-electron chi connectivity index (χ0n) is 22.2. The number of amides is 3. The molecule has 2 aromatic heterocycles. The number of nitrogens with one attached hydrogen (secondary N) is 2. The molecule has 0 saturated heterocycles. The second-order valence-electron chi connectivity index (χ2n) is 9.93. The number of hydrogen-bond donors (Lipinski definition) is 4. The molecule has 0 aliphatic carbocycles. The van der Waals surface area contributed by atoms with Crippen LogP contribution in [0.5, 0.6) is 0 Å². The van der Waals surface area contributed by atoms with Crippen molar-refractivity contribution in [3.05, 3.63) is 89.3 Å². The predicted molar refractivity (Wildman–Crippen MR) is 146 cm³/mol. The Kier molecular flexibility index (Phi) is 8.46. The third-order valence-electron chi connectivity index (χ3n) is 6.49. The highest BCUT2D eigenvalue weighted by atomic mass is 16.4. The lowest BCUT2D eigenvalue weighted by Crippen LogP contribution is -2.52. The lowest BCUT2D eigenvalue weighted by atomic mass is 10.00. The monoisotopic (exact) mass is 531 g/mol. The van der Waals surface area contributed by atoms with Crippen LogP contribution in [0.1, 0.15) is 59.6 Å². The molecule has 3 amide bonds. The summed E-state index contributed by atoms with van der Waals surface area (Å²) in [5, 5.41) is 13.3. The summed E-state index contributed by atoms with van der Waals surface area (Å²) in [5.41, 5.74) is 8.55. The fourth-order valence-corrected chi connectivity index (χ4v) is 4.60. The van der Waals surface area contributed by atoms with Gasteiger partial charge >= 0.3 is 12.0 Å². The van der Waals surface area contributed by atoms with Crippen LogP contribution in [0.3, 0.4) is 0 Å². The molecule has 0 radical (unpaired) electrons. The number of aryl methyl sites for hydroxylation is 1. The molecule has 39 heavy (non-hydrogen) atoms. The Balaban J connectivity index is 1.78. The molecule has 2 atom stereocenters. The molecular formula is C29H33N5O5. The van der Waals surface area contributed by atoms with Crippen molar-refractivity contribution in [1.29, 1.82) is 0 Å². The van der Waals surface area contributed by atoms with E-state index in [0.717, 1.165) is 26.9 Å². The van der Waals surface area contributed by atoms with Gasteiger partial charge in [0.15, 0.2) is 5.69 Å². The van der Waals surface area contributed by atoms with Gasteiger partial charge in [0.1, 0.15) is 11.8 Å². The number of carboxylic acids is 1. The number of aromatic carboxylic acids is 1. The van der Waals surface area contributed by atoms with E-state index in [1.54, 1.807) is 6.20 Å². The zero-order chi connectivity index (χ0) is 28.1. The van der Waals surface area contributed by atoms with E-state index < -0.39 is 30.0 Å². The largest absolute Gasteiger partial charge is 0.476 e. The molecule has 0 aliphatic heterocycles. The summed E-state index contributed by atoms with van der Waals surface area (Å²) in [6, 6.07) is 14.2. The summed E-state index contributed by atoms with van der Waals surface area (Å²) in [4.78, 5) is 47.7. The van der Waals surface area contributed by atoms with Crippen LogP contribution in [-0.2, 0) is 17.8 Å². The van der Waals surface area contributed by atoms with Crippen molar-refractivity contribution in [1.82, 2.24) is 20.2 Å². The number of nitrogens with two attached hydrogens (primary N) is 1. The quantitative estimate of drug-likeness (QED) is 0.234. The van der Waals surface area contributed by atoms with E-state index in [2.05, 4.69) is 15.3 Å². The Morgan fingerprint density at radius 3 is 2.46 bits per heavy atom. The first-order chi connectivity index (χ1) is 18.7.